The van der Waals surface area contributed by atoms with Gasteiger partial charge in [-0.25, -0.2) is 4.39 Å². The van der Waals surface area contributed by atoms with Crippen LogP contribution in [0.1, 0.15) is 24.2 Å². The summed E-state index contributed by atoms with van der Waals surface area (Å²) in [5, 5.41) is 3.76. The van der Waals surface area contributed by atoms with Crippen LogP contribution in [-0.4, -0.2) is 10.1 Å². The van der Waals surface area contributed by atoms with Gasteiger partial charge >= 0.3 is 0 Å². The molecule has 90 valence electrons. The highest BCUT2D eigenvalue weighted by molar-refractivity contribution is 5.32. The second-order valence-corrected chi connectivity index (χ2v) is 3.66. The summed E-state index contributed by atoms with van der Waals surface area (Å²) in [5.74, 6) is 1.42. The minimum atomic E-state index is -0.275. The van der Waals surface area contributed by atoms with Gasteiger partial charge in [-0.1, -0.05) is 12.1 Å². The zero-order valence-corrected chi connectivity index (χ0v) is 9.74. The molecule has 0 fully saturated rings. The maximum atomic E-state index is 12.9. The molecule has 1 aromatic heterocycles. The van der Waals surface area contributed by atoms with E-state index in [0.717, 1.165) is 5.56 Å². The molecular weight excluding hydrogens is 223 g/mol. The summed E-state index contributed by atoms with van der Waals surface area (Å²) in [4.78, 5) is 4.11. The molecule has 2 rings (SSSR count). The van der Waals surface area contributed by atoms with Crippen LogP contribution in [0.3, 0.4) is 0 Å². The number of benzene rings is 1. The van der Waals surface area contributed by atoms with Crippen molar-refractivity contribution >= 4 is 0 Å². The molecule has 1 aromatic carbocycles. The van der Waals surface area contributed by atoms with E-state index in [9.17, 15) is 4.39 Å². The van der Waals surface area contributed by atoms with Crippen LogP contribution in [0.15, 0.2) is 22.7 Å². The Balaban J connectivity index is 2.02. The van der Waals surface area contributed by atoms with E-state index in [1.807, 2.05) is 6.92 Å². The van der Waals surface area contributed by atoms with Crippen LogP contribution in [-0.2, 0) is 13.0 Å². The van der Waals surface area contributed by atoms with E-state index in [2.05, 4.69) is 10.1 Å². The number of hydrogen-bond acceptors (Lipinski definition) is 4. The number of nitrogens with zero attached hydrogens (tertiary/aromatic N) is 2. The van der Waals surface area contributed by atoms with Crippen LogP contribution < -0.4 is 4.74 Å². The van der Waals surface area contributed by atoms with Crippen LogP contribution in [0.2, 0.25) is 0 Å². The number of ether oxygens (including phenoxy) is 1. The van der Waals surface area contributed by atoms with Gasteiger partial charge < -0.3 is 9.26 Å². The lowest BCUT2D eigenvalue weighted by molar-refractivity contribution is 0.283. The third kappa shape index (κ3) is 2.81. The van der Waals surface area contributed by atoms with Gasteiger partial charge in [-0.3, -0.25) is 0 Å². The van der Waals surface area contributed by atoms with Crippen LogP contribution in [0.25, 0.3) is 0 Å². The van der Waals surface area contributed by atoms with Gasteiger partial charge in [0.1, 0.15) is 11.6 Å². The van der Waals surface area contributed by atoms with Crippen molar-refractivity contribution in [3.63, 3.8) is 0 Å². The second kappa shape index (κ2) is 4.95. The number of aromatic nitrogens is 2. The monoisotopic (exact) mass is 236 g/mol. The molecule has 0 aliphatic rings. The Hall–Kier alpha value is -1.91. The predicted octanol–water partition coefficient (Wildman–Crippen LogP) is 2.66. The van der Waals surface area contributed by atoms with Gasteiger partial charge in [0.25, 0.3) is 0 Å². The fourth-order valence-corrected chi connectivity index (χ4v) is 1.41. The van der Waals surface area contributed by atoms with Crippen molar-refractivity contribution in [2.75, 3.05) is 0 Å². The zero-order chi connectivity index (χ0) is 12.3. The van der Waals surface area contributed by atoms with Gasteiger partial charge in [0, 0.05) is 6.42 Å². The molecule has 0 bridgehead atoms. The predicted molar refractivity (Wildman–Crippen MR) is 59.1 cm³/mol. The molecule has 0 radical (unpaired) electrons. The first-order chi connectivity index (χ1) is 8.19. The molecule has 0 unspecified atom stereocenters. The third-order valence-corrected chi connectivity index (χ3v) is 2.31. The Bertz CT molecular complexity index is 511. The minimum absolute atomic E-state index is 0.218. The summed E-state index contributed by atoms with van der Waals surface area (Å²) in [5.41, 5.74) is 0.740. The number of halogens is 1. The molecule has 2 aromatic rings. The molecule has 0 N–H and O–H groups in total. The molecule has 0 saturated carbocycles. The van der Waals surface area contributed by atoms with Gasteiger partial charge in [0.2, 0.25) is 11.7 Å². The van der Waals surface area contributed by atoms with Gasteiger partial charge in [0.15, 0.2) is 6.61 Å². The van der Waals surface area contributed by atoms with Gasteiger partial charge in [0.05, 0.1) is 0 Å². The normalized spacial score (nSPS) is 10.5. The number of hydrogen-bond donors (Lipinski definition) is 0. The summed E-state index contributed by atoms with van der Waals surface area (Å²) in [6.45, 7) is 3.93. The van der Waals surface area contributed by atoms with Crippen molar-refractivity contribution in [2.24, 2.45) is 0 Å². The van der Waals surface area contributed by atoms with E-state index in [-0.39, 0.29) is 12.4 Å². The maximum Gasteiger partial charge on any atom is 0.226 e. The summed E-state index contributed by atoms with van der Waals surface area (Å²) < 4.78 is 23.3. The smallest absolute Gasteiger partial charge is 0.226 e. The van der Waals surface area contributed by atoms with E-state index >= 15 is 0 Å². The van der Waals surface area contributed by atoms with Crippen molar-refractivity contribution in [3.8, 4) is 5.75 Å². The van der Waals surface area contributed by atoms with E-state index in [4.69, 9.17) is 9.26 Å². The van der Waals surface area contributed by atoms with E-state index in [1.165, 1.54) is 12.1 Å². The summed E-state index contributed by atoms with van der Waals surface area (Å²) in [7, 11) is 0. The van der Waals surface area contributed by atoms with E-state index < -0.39 is 0 Å². The van der Waals surface area contributed by atoms with Crippen molar-refractivity contribution in [1.82, 2.24) is 10.1 Å². The van der Waals surface area contributed by atoms with Gasteiger partial charge in [-0.2, -0.15) is 4.98 Å². The first-order valence-electron chi connectivity index (χ1n) is 5.39. The molecule has 0 atom stereocenters. The summed E-state index contributed by atoms with van der Waals surface area (Å²) in [6, 6.07) is 4.37. The third-order valence-electron chi connectivity index (χ3n) is 2.31. The van der Waals surface area contributed by atoms with Crippen molar-refractivity contribution in [3.05, 3.63) is 41.3 Å². The van der Waals surface area contributed by atoms with Crippen LogP contribution >= 0.6 is 0 Å². The molecule has 0 amide bonds. The molecule has 17 heavy (non-hydrogen) atoms. The van der Waals surface area contributed by atoms with E-state index in [1.54, 1.807) is 13.0 Å². The van der Waals surface area contributed by atoms with Gasteiger partial charge in [-0.15, -0.1) is 0 Å². The highest BCUT2D eigenvalue weighted by Gasteiger charge is 2.06. The largest absolute Gasteiger partial charge is 0.485 e. The van der Waals surface area contributed by atoms with Gasteiger partial charge in [-0.05, 0) is 30.7 Å². The average Bonchev–Trinajstić information content (AvgIpc) is 2.76. The van der Waals surface area contributed by atoms with Crippen LogP contribution in [0.5, 0.6) is 5.75 Å². The molecule has 0 aliphatic heterocycles. The van der Waals surface area contributed by atoms with Crippen molar-refractivity contribution < 1.29 is 13.7 Å². The van der Waals surface area contributed by atoms with E-state index in [0.29, 0.717) is 23.9 Å². The Kier molecular flexibility index (Phi) is 3.37. The number of aryl methyl sites for hydroxylation is 2. The van der Waals surface area contributed by atoms with Crippen molar-refractivity contribution in [2.45, 2.75) is 26.9 Å². The highest BCUT2D eigenvalue weighted by atomic mass is 19.1. The average molecular weight is 236 g/mol. The Morgan fingerprint density at radius 3 is 2.88 bits per heavy atom. The van der Waals surface area contributed by atoms with Crippen LogP contribution in [0.4, 0.5) is 4.39 Å². The second-order valence-electron chi connectivity index (χ2n) is 3.66. The Labute approximate surface area is 98.4 Å². The molecule has 0 aliphatic carbocycles. The molecule has 5 heteroatoms. The number of rotatable bonds is 4. The molecule has 1 heterocycles. The lowest BCUT2D eigenvalue weighted by Gasteiger charge is -2.06. The molecule has 0 saturated heterocycles. The Morgan fingerprint density at radius 1 is 1.41 bits per heavy atom. The van der Waals surface area contributed by atoms with Crippen LogP contribution in [0, 0.1) is 12.7 Å². The Morgan fingerprint density at radius 2 is 2.24 bits per heavy atom. The first-order valence-corrected chi connectivity index (χ1v) is 5.39. The highest BCUT2D eigenvalue weighted by Crippen LogP contribution is 2.19. The quantitative estimate of drug-likeness (QED) is 0.818. The summed E-state index contributed by atoms with van der Waals surface area (Å²) >= 11 is 0. The fraction of sp³-hybridized carbons (Fsp3) is 0.333. The minimum Gasteiger partial charge on any atom is -0.485 e. The maximum absolute atomic E-state index is 12.9. The molecule has 4 nitrogen and oxygen atoms in total. The topological polar surface area (TPSA) is 48.2 Å². The lowest BCUT2D eigenvalue weighted by Crippen LogP contribution is -1.99. The standard InChI is InChI=1S/C12H13FN2O2/c1-3-12-14-11(15-17-12)7-16-10-5-4-9(13)6-8(10)2/h4-6H,3,7H2,1-2H3. The lowest BCUT2D eigenvalue weighted by atomic mass is 10.2. The van der Waals surface area contributed by atoms with Crippen molar-refractivity contribution in [1.29, 1.82) is 0 Å². The molecule has 0 spiro atoms. The zero-order valence-electron chi connectivity index (χ0n) is 9.74. The summed E-state index contributed by atoms with van der Waals surface area (Å²) in [6.07, 6.45) is 0.697. The fourth-order valence-electron chi connectivity index (χ4n) is 1.41. The SMILES string of the molecule is CCc1nc(COc2ccc(F)cc2C)no1. The first kappa shape index (κ1) is 11.6. The molecular formula is C12H13FN2O2.